The number of hydrogen-bond donors (Lipinski definition) is 1. The second-order valence-corrected chi connectivity index (χ2v) is 7.02. The van der Waals surface area contributed by atoms with E-state index in [1.165, 1.54) is 0 Å². The van der Waals surface area contributed by atoms with Crippen LogP contribution >= 0.6 is 11.6 Å². The summed E-state index contributed by atoms with van der Waals surface area (Å²) in [5, 5.41) is 12.7. The van der Waals surface area contributed by atoms with Gasteiger partial charge in [-0.15, -0.1) is 0 Å². The van der Waals surface area contributed by atoms with Crippen LogP contribution in [0.4, 0.5) is 0 Å². The molecule has 1 aliphatic carbocycles. The molecule has 0 spiro atoms. The van der Waals surface area contributed by atoms with Crippen LogP contribution in [0.2, 0.25) is 5.02 Å². The van der Waals surface area contributed by atoms with Crippen molar-refractivity contribution in [2.24, 2.45) is 10.8 Å². The van der Waals surface area contributed by atoms with Crippen molar-refractivity contribution in [1.29, 1.82) is 5.26 Å². The lowest BCUT2D eigenvalue weighted by Gasteiger charge is -2.63. The molecule has 1 aromatic rings. The molecule has 0 radical (unpaired) electrons. The molecule has 108 valence electrons. The van der Waals surface area contributed by atoms with Crippen LogP contribution in [0.3, 0.4) is 0 Å². The van der Waals surface area contributed by atoms with Gasteiger partial charge in [-0.2, -0.15) is 5.26 Å². The largest absolute Gasteiger partial charge is 0.489 e. The third kappa shape index (κ3) is 2.17. The third-order valence-corrected chi connectivity index (χ3v) is 4.76. The SMILES string of the molecule is CN[C@H]1C(C)(C)[C@H](Oc2ccc(C#N)c(Cl)c2)C1(C)C. The van der Waals surface area contributed by atoms with Crippen molar-refractivity contribution in [2.75, 3.05) is 7.05 Å². The van der Waals surface area contributed by atoms with E-state index in [4.69, 9.17) is 21.6 Å². The van der Waals surface area contributed by atoms with Gasteiger partial charge in [0.15, 0.2) is 0 Å². The normalized spacial score (nSPS) is 26.4. The van der Waals surface area contributed by atoms with Crippen LogP contribution in [0.25, 0.3) is 0 Å². The van der Waals surface area contributed by atoms with Crippen LogP contribution < -0.4 is 10.1 Å². The van der Waals surface area contributed by atoms with Gasteiger partial charge < -0.3 is 10.1 Å². The zero-order valence-corrected chi connectivity index (χ0v) is 13.4. The Morgan fingerprint density at radius 3 is 2.30 bits per heavy atom. The summed E-state index contributed by atoms with van der Waals surface area (Å²) in [6.07, 6.45) is 0.0939. The Labute approximate surface area is 125 Å². The second kappa shape index (κ2) is 4.95. The molecule has 3 nitrogen and oxygen atoms in total. The number of nitrogens with one attached hydrogen (secondary N) is 1. The Balaban J connectivity index is 2.23. The number of benzene rings is 1. The van der Waals surface area contributed by atoms with Gasteiger partial charge in [-0.05, 0) is 19.2 Å². The number of halogens is 1. The molecule has 0 unspecified atom stereocenters. The summed E-state index contributed by atoms with van der Waals surface area (Å²) < 4.78 is 6.16. The van der Waals surface area contributed by atoms with Crippen LogP contribution in [0.1, 0.15) is 33.3 Å². The van der Waals surface area contributed by atoms with E-state index >= 15 is 0 Å². The number of hydrogen-bond acceptors (Lipinski definition) is 3. The molecule has 0 saturated heterocycles. The van der Waals surface area contributed by atoms with Gasteiger partial charge >= 0.3 is 0 Å². The quantitative estimate of drug-likeness (QED) is 0.925. The van der Waals surface area contributed by atoms with Crippen molar-refractivity contribution < 1.29 is 4.74 Å². The number of nitriles is 1. The number of rotatable bonds is 3. The van der Waals surface area contributed by atoms with Crippen molar-refractivity contribution in [3.05, 3.63) is 28.8 Å². The average molecular weight is 293 g/mol. The minimum absolute atomic E-state index is 0.0403. The molecule has 0 aromatic heterocycles. The fraction of sp³-hybridized carbons (Fsp3) is 0.562. The molecule has 0 aliphatic heterocycles. The van der Waals surface area contributed by atoms with Gasteiger partial charge in [-0.25, -0.2) is 0 Å². The van der Waals surface area contributed by atoms with Gasteiger partial charge in [0, 0.05) is 22.9 Å². The van der Waals surface area contributed by atoms with Gasteiger partial charge in [-0.1, -0.05) is 39.3 Å². The first-order valence-corrected chi connectivity index (χ1v) is 7.16. The van der Waals surface area contributed by atoms with Crippen molar-refractivity contribution in [3.8, 4) is 11.8 Å². The van der Waals surface area contributed by atoms with Crippen LogP contribution in [0.5, 0.6) is 5.75 Å². The number of ether oxygens (including phenoxy) is 1. The maximum absolute atomic E-state index is 8.90. The molecule has 1 saturated carbocycles. The fourth-order valence-corrected chi connectivity index (χ4v) is 4.18. The highest BCUT2D eigenvalue weighted by atomic mass is 35.5. The van der Waals surface area contributed by atoms with E-state index < -0.39 is 0 Å². The molecule has 0 amide bonds. The Kier molecular flexibility index (Phi) is 3.75. The fourth-order valence-electron chi connectivity index (χ4n) is 3.97. The summed E-state index contributed by atoms with van der Waals surface area (Å²) >= 11 is 6.06. The van der Waals surface area contributed by atoms with Gasteiger partial charge in [0.25, 0.3) is 0 Å². The molecular weight excluding hydrogens is 272 g/mol. The predicted molar refractivity (Wildman–Crippen MR) is 81.0 cm³/mol. The monoisotopic (exact) mass is 292 g/mol. The van der Waals surface area contributed by atoms with Crippen LogP contribution in [-0.2, 0) is 0 Å². The maximum atomic E-state index is 8.90. The first kappa shape index (κ1) is 15.2. The minimum Gasteiger partial charge on any atom is -0.489 e. The van der Waals surface area contributed by atoms with Crippen LogP contribution in [0.15, 0.2) is 18.2 Å². The van der Waals surface area contributed by atoms with E-state index in [1.807, 2.05) is 13.1 Å². The highest BCUT2D eigenvalue weighted by Gasteiger charge is 2.62. The molecule has 0 heterocycles. The molecule has 4 heteroatoms. The summed E-state index contributed by atoms with van der Waals surface area (Å²) in [5.74, 6) is 0.717. The van der Waals surface area contributed by atoms with E-state index in [1.54, 1.807) is 12.1 Å². The third-order valence-electron chi connectivity index (χ3n) is 4.44. The Bertz CT molecular complexity index is 544. The van der Waals surface area contributed by atoms with E-state index in [9.17, 15) is 0 Å². The molecule has 0 atom stereocenters. The first-order chi connectivity index (χ1) is 9.25. The van der Waals surface area contributed by atoms with Crippen LogP contribution in [-0.4, -0.2) is 19.2 Å². The van der Waals surface area contributed by atoms with Crippen molar-refractivity contribution in [3.63, 3.8) is 0 Å². The highest BCUT2D eigenvalue weighted by Crippen LogP contribution is 2.55. The minimum atomic E-state index is 0.0403. The van der Waals surface area contributed by atoms with Gasteiger partial charge in [0.1, 0.15) is 17.9 Å². The highest BCUT2D eigenvalue weighted by molar-refractivity contribution is 6.31. The van der Waals surface area contributed by atoms with E-state index in [0.717, 1.165) is 5.75 Å². The zero-order chi connectivity index (χ0) is 15.1. The van der Waals surface area contributed by atoms with E-state index in [2.05, 4.69) is 39.1 Å². The Morgan fingerprint density at radius 1 is 1.25 bits per heavy atom. The molecule has 0 bridgehead atoms. The summed E-state index contributed by atoms with van der Waals surface area (Å²) in [7, 11) is 1.99. The molecule has 1 aromatic carbocycles. The summed E-state index contributed by atoms with van der Waals surface area (Å²) in [6, 6.07) is 7.68. The van der Waals surface area contributed by atoms with Crippen molar-refractivity contribution >= 4 is 11.6 Å². The number of nitrogens with zero attached hydrogens (tertiary/aromatic N) is 1. The maximum Gasteiger partial charge on any atom is 0.121 e. The topological polar surface area (TPSA) is 45.0 Å². The molecule has 1 aliphatic rings. The lowest BCUT2D eigenvalue weighted by Crippen LogP contribution is -2.73. The lowest BCUT2D eigenvalue weighted by atomic mass is 9.49. The van der Waals surface area contributed by atoms with Gasteiger partial charge in [-0.3, -0.25) is 0 Å². The summed E-state index contributed by atoms with van der Waals surface area (Å²) in [4.78, 5) is 0. The molecule has 20 heavy (non-hydrogen) atoms. The van der Waals surface area contributed by atoms with Gasteiger partial charge in [0.2, 0.25) is 0 Å². The summed E-state index contributed by atoms with van der Waals surface area (Å²) in [5.41, 5.74) is 0.552. The van der Waals surface area contributed by atoms with E-state index in [-0.39, 0.29) is 16.9 Å². The van der Waals surface area contributed by atoms with Gasteiger partial charge in [0.05, 0.1) is 10.6 Å². The van der Waals surface area contributed by atoms with E-state index in [0.29, 0.717) is 16.6 Å². The molecule has 2 rings (SSSR count). The average Bonchev–Trinajstić information content (AvgIpc) is 2.35. The van der Waals surface area contributed by atoms with Crippen molar-refractivity contribution in [2.45, 2.75) is 39.8 Å². The molecule has 1 N–H and O–H groups in total. The molecule has 1 fully saturated rings. The van der Waals surface area contributed by atoms with Crippen molar-refractivity contribution in [1.82, 2.24) is 5.32 Å². The standard InChI is InChI=1S/C16H21ClN2O/c1-15(2)13(19-5)16(3,4)14(15)20-11-7-6-10(9-18)12(17)8-11/h6-8,13-14,19H,1-5H3/t13-,14-. The first-order valence-electron chi connectivity index (χ1n) is 6.78. The van der Waals surface area contributed by atoms with Crippen LogP contribution in [0, 0.1) is 22.2 Å². The molecular formula is C16H21ClN2O. The Hall–Kier alpha value is -1.24. The predicted octanol–water partition coefficient (Wildman–Crippen LogP) is 3.61. The lowest BCUT2D eigenvalue weighted by molar-refractivity contribution is -0.166. The second-order valence-electron chi connectivity index (χ2n) is 6.62. The Morgan fingerprint density at radius 2 is 1.85 bits per heavy atom. The zero-order valence-electron chi connectivity index (χ0n) is 12.6. The summed E-state index contributed by atoms with van der Waals surface area (Å²) in [6.45, 7) is 8.81. The smallest absolute Gasteiger partial charge is 0.121 e.